The number of benzene rings is 2. The van der Waals surface area contributed by atoms with Gasteiger partial charge in [-0.3, -0.25) is 4.98 Å². The van der Waals surface area contributed by atoms with Crippen LogP contribution in [0.2, 0.25) is 0 Å². The smallest absolute Gasteiger partial charge is 0.406 e. The molecule has 4 rings (SSSR count). The molecule has 2 heterocycles. The van der Waals surface area contributed by atoms with Gasteiger partial charge in [-0.25, -0.2) is 9.59 Å². The van der Waals surface area contributed by atoms with Crippen LogP contribution in [0.1, 0.15) is 24.0 Å². The third-order valence-corrected chi connectivity index (χ3v) is 4.99. The number of alkyl halides is 3. The molecule has 0 saturated carbocycles. The quantitative estimate of drug-likeness (QED) is 0.594. The Morgan fingerprint density at radius 1 is 1.17 bits per heavy atom. The summed E-state index contributed by atoms with van der Waals surface area (Å²) in [5, 5.41) is 5.25. The molecule has 0 aliphatic carbocycles. The second-order valence-corrected chi connectivity index (χ2v) is 7.04. The van der Waals surface area contributed by atoms with Crippen molar-refractivity contribution < 1.29 is 22.4 Å². The van der Waals surface area contributed by atoms with Crippen molar-refractivity contribution in [2.24, 2.45) is 0 Å². The fourth-order valence-corrected chi connectivity index (χ4v) is 3.56. The highest BCUT2D eigenvalue weighted by atomic mass is 19.4. The molecule has 1 aliphatic rings. The second kappa shape index (κ2) is 7.77. The number of fused-ring (bicyclic) bond motifs is 1. The minimum Gasteiger partial charge on any atom is -0.406 e. The average Bonchev–Trinajstić information content (AvgIpc) is 3.35. The summed E-state index contributed by atoms with van der Waals surface area (Å²) in [5.41, 5.74) is 1.30. The Hall–Kier alpha value is -3.43. The van der Waals surface area contributed by atoms with Crippen LogP contribution in [-0.2, 0) is 12.7 Å². The maximum absolute atomic E-state index is 13.1. The Bertz CT molecular complexity index is 1130. The molecule has 3 aromatic rings. The number of para-hydroxylation sites is 1. The summed E-state index contributed by atoms with van der Waals surface area (Å²) in [6.45, 7) is 1.40. The number of anilines is 2. The van der Waals surface area contributed by atoms with E-state index in [0.29, 0.717) is 35.5 Å². The van der Waals surface area contributed by atoms with Gasteiger partial charge in [-0.2, -0.15) is 13.2 Å². The van der Waals surface area contributed by atoms with Crippen LogP contribution in [0.25, 0.3) is 11.1 Å². The predicted octanol–water partition coefficient (Wildman–Crippen LogP) is 4.06. The van der Waals surface area contributed by atoms with E-state index in [4.69, 9.17) is 4.42 Å². The number of H-pyrrole nitrogens is 1. The number of halogens is 3. The third kappa shape index (κ3) is 4.12. The first-order valence-electron chi connectivity index (χ1n) is 9.43. The molecule has 2 aromatic carbocycles. The highest BCUT2D eigenvalue weighted by molar-refractivity contribution is 5.97. The lowest BCUT2D eigenvalue weighted by atomic mass is 10.1. The average molecular weight is 420 g/mol. The van der Waals surface area contributed by atoms with Crippen molar-refractivity contribution >= 4 is 28.5 Å². The van der Waals surface area contributed by atoms with Crippen LogP contribution >= 0.6 is 0 Å². The number of amides is 2. The third-order valence-electron chi connectivity index (χ3n) is 4.99. The van der Waals surface area contributed by atoms with E-state index < -0.39 is 23.5 Å². The Morgan fingerprint density at radius 2 is 1.93 bits per heavy atom. The second-order valence-electron chi connectivity index (χ2n) is 7.04. The number of nitrogens with one attached hydrogen (secondary N) is 3. The van der Waals surface area contributed by atoms with Gasteiger partial charge in [0.15, 0.2) is 5.58 Å². The molecule has 0 unspecified atom stereocenters. The van der Waals surface area contributed by atoms with Crippen LogP contribution in [0.4, 0.5) is 29.3 Å². The lowest BCUT2D eigenvalue weighted by Crippen LogP contribution is -2.29. The van der Waals surface area contributed by atoms with Crippen molar-refractivity contribution in [2.75, 3.05) is 23.3 Å². The molecule has 158 valence electrons. The molecule has 0 atom stereocenters. The van der Waals surface area contributed by atoms with E-state index in [-0.39, 0.29) is 12.1 Å². The zero-order chi connectivity index (χ0) is 21.3. The van der Waals surface area contributed by atoms with Gasteiger partial charge >= 0.3 is 18.0 Å². The Kier molecular flexibility index (Phi) is 5.15. The summed E-state index contributed by atoms with van der Waals surface area (Å²) in [7, 11) is 0. The molecular formula is C20H19F3N4O3. The highest BCUT2D eigenvalue weighted by Crippen LogP contribution is 2.34. The molecule has 1 aliphatic heterocycles. The standard InChI is InChI=1S/C20H19F3N4O3/c21-20(22,23)13-7-6-12(16(10-13)27-8-1-2-9-27)11-24-18(28)25-14-4-3-5-15-17(14)30-19(29)26-15/h3-7,10H,1-2,8-9,11H2,(H,26,29)(H2,24,25,28). The van der Waals surface area contributed by atoms with Crippen LogP contribution in [0.5, 0.6) is 0 Å². The van der Waals surface area contributed by atoms with Crippen LogP contribution in [0.15, 0.2) is 45.6 Å². The Balaban J connectivity index is 1.51. The number of aromatic amines is 1. The molecule has 7 nitrogen and oxygen atoms in total. The van der Waals surface area contributed by atoms with Crippen LogP contribution < -0.4 is 21.3 Å². The summed E-state index contributed by atoms with van der Waals surface area (Å²) in [6.07, 6.45) is -2.61. The number of rotatable bonds is 4. The highest BCUT2D eigenvalue weighted by Gasteiger charge is 2.32. The summed E-state index contributed by atoms with van der Waals surface area (Å²) >= 11 is 0. The zero-order valence-electron chi connectivity index (χ0n) is 15.8. The first kappa shape index (κ1) is 19.9. The molecule has 0 bridgehead atoms. The van der Waals surface area contributed by atoms with Crippen molar-refractivity contribution in [3.63, 3.8) is 0 Å². The SMILES string of the molecule is O=C(NCc1ccc(C(F)(F)F)cc1N1CCCC1)Nc1cccc2[nH]c(=O)oc12. The molecule has 1 aromatic heterocycles. The van der Waals surface area contributed by atoms with Gasteiger partial charge < -0.3 is 20.0 Å². The Morgan fingerprint density at radius 3 is 2.67 bits per heavy atom. The van der Waals surface area contributed by atoms with Crippen LogP contribution in [-0.4, -0.2) is 24.1 Å². The number of nitrogens with zero attached hydrogens (tertiary/aromatic N) is 1. The first-order valence-corrected chi connectivity index (χ1v) is 9.43. The van der Waals surface area contributed by atoms with Crippen LogP contribution in [0, 0.1) is 0 Å². The van der Waals surface area contributed by atoms with Gasteiger partial charge in [0.1, 0.15) is 0 Å². The predicted molar refractivity (Wildman–Crippen MR) is 106 cm³/mol. The van der Waals surface area contributed by atoms with Gasteiger partial charge in [0.2, 0.25) is 0 Å². The Labute approximate surface area is 168 Å². The van der Waals surface area contributed by atoms with Gasteiger partial charge in [-0.15, -0.1) is 0 Å². The van der Waals surface area contributed by atoms with E-state index in [1.54, 1.807) is 18.2 Å². The summed E-state index contributed by atoms with van der Waals surface area (Å²) in [5.74, 6) is -0.639. The number of hydrogen-bond donors (Lipinski definition) is 3. The van der Waals surface area contributed by atoms with E-state index >= 15 is 0 Å². The lowest BCUT2D eigenvalue weighted by molar-refractivity contribution is -0.137. The van der Waals surface area contributed by atoms with Crippen molar-refractivity contribution in [1.29, 1.82) is 0 Å². The fourth-order valence-electron chi connectivity index (χ4n) is 3.56. The molecule has 3 N–H and O–H groups in total. The minimum atomic E-state index is -4.43. The van der Waals surface area contributed by atoms with Crippen molar-refractivity contribution in [2.45, 2.75) is 25.6 Å². The number of urea groups is 1. The van der Waals surface area contributed by atoms with Crippen molar-refractivity contribution in [3.05, 3.63) is 58.1 Å². The maximum Gasteiger partial charge on any atom is 0.417 e. The molecule has 0 spiro atoms. The number of aromatic nitrogens is 1. The van der Waals surface area contributed by atoms with Gasteiger partial charge in [-0.1, -0.05) is 12.1 Å². The van der Waals surface area contributed by atoms with E-state index in [1.807, 2.05) is 4.90 Å². The first-order chi connectivity index (χ1) is 14.3. The molecule has 1 fully saturated rings. The number of hydrogen-bond acceptors (Lipinski definition) is 4. The summed E-state index contributed by atoms with van der Waals surface area (Å²) in [4.78, 5) is 28.1. The van der Waals surface area contributed by atoms with E-state index in [9.17, 15) is 22.8 Å². The van der Waals surface area contributed by atoms with Gasteiger partial charge in [0.25, 0.3) is 0 Å². The molecule has 10 heteroatoms. The normalized spacial score (nSPS) is 14.3. The van der Waals surface area contributed by atoms with Gasteiger partial charge in [0, 0.05) is 25.3 Å². The molecule has 0 radical (unpaired) electrons. The number of carbonyl (C=O) groups excluding carboxylic acids is 1. The van der Waals surface area contributed by atoms with E-state index in [1.165, 1.54) is 6.07 Å². The number of carbonyl (C=O) groups is 1. The van der Waals surface area contributed by atoms with Gasteiger partial charge in [-0.05, 0) is 42.7 Å². The fraction of sp³-hybridized carbons (Fsp3) is 0.300. The number of oxazole rings is 1. The topological polar surface area (TPSA) is 90.4 Å². The zero-order valence-corrected chi connectivity index (χ0v) is 15.8. The maximum atomic E-state index is 13.1. The summed E-state index contributed by atoms with van der Waals surface area (Å²) in [6, 6.07) is 7.82. The van der Waals surface area contributed by atoms with Gasteiger partial charge in [0.05, 0.1) is 16.8 Å². The van der Waals surface area contributed by atoms with Crippen molar-refractivity contribution in [1.82, 2.24) is 10.3 Å². The molecule has 2 amide bonds. The van der Waals surface area contributed by atoms with E-state index in [2.05, 4.69) is 15.6 Å². The minimum absolute atomic E-state index is 0.0445. The summed E-state index contributed by atoms with van der Waals surface area (Å²) < 4.78 is 44.4. The largest absolute Gasteiger partial charge is 0.417 e. The monoisotopic (exact) mass is 420 g/mol. The van der Waals surface area contributed by atoms with Crippen molar-refractivity contribution in [3.8, 4) is 0 Å². The molecule has 1 saturated heterocycles. The van der Waals surface area contributed by atoms with E-state index in [0.717, 1.165) is 25.0 Å². The molecule has 30 heavy (non-hydrogen) atoms. The lowest BCUT2D eigenvalue weighted by Gasteiger charge is -2.23. The van der Waals surface area contributed by atoms with Crippen LogP contribution in [0.3, 0.4) is 0 Å². The molecular weight excluding hydrogens is 401 g/mol.